The van der Waals surface area contributed by atoms with Crippen LogP contribution in [0, 0.1) is 0 Å². The maximum atomic E-state index is 4.31. The molecule has 114 valence electrons. The molecule has 21 heavy (non-hydrogen) atoms. The van der Waals surface area contributed by atoms with E-state index in [9.17, 15) is 0 Å². The summed E-state index contributed by atoms with van der Waals surface area (Å²) in [4.78, 5) is 6.17. The molecule has 1 atom stereocenters. The molecule has 1 fully saturated rings. The van der Waals surface area contributed by atoms with Crippen molar-refractivity contribution in [2.24, 2.45) is 0 Å². The van der Waals surface area contributed by atoms with E-state index in [1.54, 1.807) is 11.3 Å². The van der Waals surface area contributed by atoms with E-state index < -0.39 is 0 Å². The highest BCUT2D eigenvalue weighted by Gasteiger charge is 2.26. The van der Waals surface area contributed by atoms with Gasteiger partial charge in [0.2, 0.25) is 0 Å². The van der Waals surface area contributed by atoms with E-state index >= 15 is 0 Å². The Balaban J connectivity index is 1.76. The van der Waals surface area contributed by atoms with Crippen LogP contribution in [0.4, 0.5) is 0 Å². The van der Waals surface area contributed by atoms with Gasteiger partial charge >= 0.3 is 0 Å². The Hall–Kier alpha value is -1.31. The molecule has 0 radical (unpaired) electrons. The van der Waals surface area contributed by atoms with Gasteiger partial charge in [-0.15, -0.1) is 16.4 Å². The van der Waals surface area contributed by atoms with Gasteiger partial charge in [-0.1, -0.05) is 13.0 Å². The molecule has 0 amide bonds. The van der Waals surface area contributed by atoms with Crippen molar-refractivity contribution >= 4 is 11.3 Å². The minimum atomic E-state index is 0.314. The minimum absolute atomic E-state index is 0.314. The average Bonchev–Trinajstić information content (AvgIpc) is 3.15. The summed E-state index contributed by atoms with van der Waals surface area (Å²) in [6, 6.07) is 4.52. The zero-order chi connectivity index (χ0) is 14.7. The van der Waals surface area contributed by atoms with Gasteiger partial charge < -0.3 is 4.90 Å². The number of thiophene rings is 1. The summed E-state index contributed by atoms with van der Waals surface area (Å²) in [6.07, 6.45) is 1.04. The fourth-order valence-electron chi connectivity index (χ4n) is 2.85. The van der Waals surface area contributed by atoms with Gasteiger partial charge in [0.1, 0.15) is 0 Å². The SMILES string of the molecule is CC[C@@H](c1nnnn1Cc1cccs1)N1CCN(C)CC1. The summed E-state index contributed by atoms with van der Waals surface area (Å²) in [5, 5.41) is 14.5. The van der Waals surface area contributed by atoms with Gasteiger partial charge in [-0.2, -0.15) is 0 Å². The third-order valence-electron chi connectivity index (χ3n) is 4.11. The smallest absolute Gasteiger partial charge is 0.168 e. The summed E-state index contributed by atoms with van der Waals surface area (Å²) in [6.45, 7) is 7.38. The van der Waals surface area contributed by atoms with Crippen LogP contribution in [-0.4, -0.2) is 63.2 Å². The number of piperazine rings is 1. The van der Waals surface area contributed by atoms with Crippen LogP contribution in [0.25, 0.3) is 0 Å². The van der Waals surface area contributed by atoms with Crippen molar-refractivity contribution in [1.29, 1.82) is 0 Å². The second-order valence-corrected chi connectivity index (χ2v) is 6.57. The highest BCUT2D eigenvalue weighted by molar-refractivity contribution is 7.09. The molecule has 1 aliphatic rings. The van der Waals surface area contributed by atoms with Crippen LogP contribution in [0.1, 0.15) is 30.1 Å². The van der Waals surface area contributed by atoms with E-state index in [1.165, 1.54) is 4.88 Å². The molecular formula is C14H22N6S. The Bertz CT molecular complexity index is 544. The molecule has 3 heterocycles. The summed E-state index contributed by atoms with van der Waals surface area (Å²) in [5.74, 6) is 0.996. The van der Waals surface area contributed by atoms with Gasteiger partial charge in [-0.25, -0.2) is 4.68 Å². The van der Waals surface area contributed by atoms with Crippen molar-refractivity contribution in [3.8, 4) is 0 Å². The first-order chi connectivity index (χ1) is 10.3. The Morgan fingerprint density at radius 2 is 2.10 bits per heavy atom. The third kappa shape index (κ3) is 3.30. The van der Waals surface area contributed by atoms with Gasteiger partial charge in [0.25, 0.3) is 0 Å². The van der Waals surface area contributed by atoms with Crippen LogP contribution < -0.4 is 0 Å². The fraction of sp³-hybridized carbons (Fsp3) is 0.643. The molecule has 0 bridgehead atoms. The first-order valence-corrected chi connectivity index (χ1v) is 8.37. The number of nitrogens with zero attached hydrogens (tertiary/aromatic N) is 6. The minimum Gasteiger partial charge on any atom is -0.304 e. The van der Waals surface area contributed by atoms with E-state index in [4.69, 9.17) is 0 Å². The molecule has 0 aliphatic carbocycles. The van der Waals surface area contributed by atoms with Crippen LogP contribution in [-0.2, 0) is 6.54 Å². The second-order valence-electron chi connectivity index (χ2n) is 5.54. The Morgan fingerprint density at radius 1 is 1.29 bits per heavy atom. The topological polar surface area (TPSA) is 50.1 Å². The van der Waals surface area contributed by atoms with Crippen LogP contribution in [0.15, 0.2) is 17.5 Å². The molecule has 0 unspecified atom stereocenters. The maximum Gasteiger partial charge on any atom is 0.168 e. The standard InChI is InChI=1S/C14H22N6S/c1-3-13(19-8-6-18(2)7-9-19)14-15-16-17-20(14)11-12-5-4-10-21-12/h4-5,10,13H,3,6-9,11H2,1-2H3/t13-/m0/s1. The number of hydrogen-bond donors (Lipinski definition) is 0. The molecule has 6 nitrogen and oxygen atoms in total. The van der Waals surface area contributed by atoms with E-state index in [1.807, 2.05) is 4.68 Å². The van der Waals surface area contributed by atoms with Gasteiger partial charge in [0.05, 0.1) is 12.6 Å². The van der Waals surface area contributed by atoms with E-state index in [2.05, 4.69) is 56.8 Å². The first-order valence-electron chi connectivity index (χ1n) is 7.49. The molecule has 1 aliphatic heterocycles. The quantitative estimate of drug-likeness (QED) is 0.837. The van der Waals surface area contributed by atoms with Crippen molar-refractivity contribution in [3.05, 3.63) is 28.2 Å². The predicted octanol–water partition coefficient (Wildman–Crippen LogP) is 1.48. The lowest BCUT2D eigenvalue weighted by Gasteiger charge is -2.36. The van der Waals surface area contributed by atoms with E-state index in [-0.39, 0.29) is 0 Å². The zero-order valence-corrected chi connectivity index (χ0v) is 13.5. The Kier molecular flexibility index (Phi) is 4.62. The molecule has 7 heteroatoms. The zero-order valence-electron chi connectivity index (χ0n) is 12.6. The van der Waals surface area contributed by atoms with Gasteiger partial charge in [0, 0.05) is 31.1 Å². The predicted molar refractivity (Wildman–Crippen MR) is 83.3 cm³/mol. The third-order valence-corrected chi connectivity index (χ3v) is 4.97. The van der Waals surface area contributed by atoms with Gasteiger partial charge in [-0.05, 0) is 35.3 Å². The number of likely N-dealkylation sites (N-methyl/N-ethyl adjacent to an activating group) is 1. The first kappa shape index (κ1) is 14.6. The lowest BCUT2D eigenvalue weighted by molar-refractivity contribution is 0.103. The van der Waals surface area contributed by atoms with Crippen LogP contribution in [0.5, 0.6) is 0 Å². The molecule has 0 aromatic carbocycles. The van der Waals surface area contributed by atoms with Crippen LogP contribution in [0.2, 0.25) is 0 Å². The number of tetrazole rings is 1. The molecule has 0 saturated carbocycles. The Labute approximate surface area is 129 Å². The number of rotatable bonds is 5. The van der Waals surface area contributed by atoms with Crippen molar-refractivity contribution in [2.45, 2.75) is 25.9 Å². The van der Waals surface area contributed by atoms with Crippen LogP contribution in [0.3, 0.4) is 0 Å². The maximum absolute atomic E-state index is 4.31. The molecular weight excluding hydrogens is 284 g/mol. The normalized spacial score (nSPS) is 19.0. The van der Waals surface area contributed by atoms with E-state index in [0.29, 0.717) is 6.04 Å². The van der Waals surface area contributed by atoms with Crippen LogP contribution >= 0.6 is 11.3 Å². The highest BCUT2D eigenvalue weighted by Crippen LogP contribution is 2.24. The van der Waals surface area contributed by atoms with Crippen molar-refractivity contribution < 1.29 is 0 Å². The largest absolute Gasteiger partial charge is 0.304 e. The van der Waals surface area contributed by atoms with Gasteiger partial charge in [0.15, 0.2) is 5.82 Å². The van der Waals surface area contributed by atoms with Crippen molar-refractivity contribution in [3.63, 3.8) is 0 Å². The molecule has 0 N–H and O–H groups in total. The monoisotopic (exact) mass is 306 g/mol. The fourth-order valence-corrected chi connectivity index (χ4v) is 3.54. The molecule has 0 spiro atoms. The van der Waals surface area contributed by atoms with Crippen molar-refractivity contribution in [2.75, 3.05) is 33.2 Å². The molecule has 2 aromatic heterocycles. The van der Waals surface area contributed by atoms with Gasteiger partial charge in [-0.3, -0.25) is 4.90 Å². The number of hydrogen-bond acceptors (Lipinski definition) is 6. The summed E-state index contributed by atoms with van der Waals surface area (Å²) in [7, 11) is 2.18. The molecule has 2 aromatic rings. The second kappa shape index (κ2) is 6.64. The average molecular weight is 306 g/mol. The summed E-state index contributed by atoms with van der Waals surface area (Å²) < 4.78 is 1.96. The lowest BCUT2D eigenvalue weighted by atomic mass is 10.1. The molecule has 3 rings (SSSR count). The lowest BCUT2D eigenvalue weighted by Crippen LogP contribution is -2.46. The number of aromatic nitrogens is 4. The molecule has 1 saturated heterocycles. The van der Waals surface area contributed by atoms with E-state index in [0.717, 1.165) is 45.0 Å². The summed E-state index contributed by atoms with van der Waals surface area (Å²) >= 11 is 1.75. The van der Waals surface area contributed by atoms with Crippen molar-refractivity contribution in [1.82, 2.24) is 30.0 Å². The highest BCUT2D eigenvalue weighted by atomic mass is 32.1. The Morgan fingerprint density at radius 3 is 2.76 bits per heavy atom. The summed E-state index contributed by atoms with van der Waals surface area (Å²) in [5.41, 5.74) is 0.